The lowest BCUT2D eigenvalue weighted by Crippen LogP contribution is -2.55. The van der Waals surface area contributed by atoms with Crippen molar-refractivity contribution in [2.75, 3.05) is 32.1 Å². The number of piperidine rings is 1. The van der Waals surface area contributed by atoms with Gasteiger partial charge in [-0.3, -0.25) is 0 Å². The molecule has 45 heavy (non-hydrogen) atoms. The first-order valence-electron chi connectivity index (χ1n) is 15.4. The predicted molar refractivity (Wildman–Crippen MR) is 178 cm³/mol. The van der Waals surface area contributed by atoms with E-state index < -0.39 is 11.1 Å². The van der Waals surface area contributed by atoms with Crippen LogP contribution in [-0.4, -0.2) is 70.5 Å². The average molecular weight is 604 g/mol. The Hall–Kier alpha value is -4.69. The monoisotopic (exact) mass is 603 g/mol. The summed E-state index contributed by atoms with van der Waals surface area (Å²) >= 11 is 0. The molecule has 1 fully saturated rings. The number of hydrogen-bond acceptors (Lipinski definition) is 6. The van der Waals surface area contributed by atoms with Crippen molar-refractivity contribution in [2.24, 2.45) is 0 Å². The largest absolute Gasteiger partial charge is 0.444 e. The van der Waals surface area contributed by atoms with Crippen molar-refractivity contribution in [2.45, 2.75) is 50.5 Å². The molecule has 1 saturated heterocycles. The van der Waals surface area contributed by atoms with E-state index in [0.29, 0.717) is 13.1 Å². The number of hydrogen-bond donors (Lipinski definition) is 0. The summed E-state index contributed by atoms with van der Waals surface area (Å²) < 4.78 is 13.8. The zero-order chi connectivity index (χ0) is 31.6. The van der Waals surface area contributed by atoms with Crippen LogP contribution in [0.25, 0.3) is 11.0 Å². The number of fused-ring (bicyclic) bond motifs is 1. The lowest BCUT2D eigenvalue weighted by molar-refractivity contribution is -0.0106. The van der Waals surface area contributed by atoms with Crippen LogP contribution >= 0.6 is 0 Å². The SMILES string of the molecule is CO[C@@H]1C[C@@H](N(C)c2ncnc3c2ccn3C(c2ccccc2)(c2ccccc2)c2ccccc2)CN(C(=O)OC(C)(C)C)C1. The van der Waals surface area contributed by atoms with E-state index in [4.69, 9.17) is 19.4 Å². The van der Waals surface area contributed by atoms with Gasteiger partial charge in [0.05, 0.1) is 24.1 Å². The van der Waals surface area contributed by atoms with Gasteiger partial charge < -0.3 is 23.8 Å². The number of likely N-dealkylation sites (tertiary alicyclic amines) is 1. The normalized spacial score (nSPS) is 17.3. The highest BCUT2D eigenvalue weighted by Crippen LogP contribution is 2.43. The number of carbonyl (C=O) groups is 1. The highest BCUT2D eigenvalue weighted by Gasteiger charge is 2.40. The number of anilines is 1. The zero-order valence-corrected chi connectivity index (χ0v) is 26.6. The Balaban J connectivity index is 1.48. The molecule has 6 rings (SSSR count). The Labute approximate surface area is 265 Å². The molecule has 0 unspecified atom stereocenters. The van der Waals surface area contributed by atoms with Gasteiger partial charge in [0, 0.05) is 26.9 Å². The second-order valence-electron chi connectivity index (χ2n) is 12.7. The quantitative estimate of drug-likeness (QED) is 0.192. The fourth-order valence-corrected chi connectivity index (χ4v) is 6.57. The lowest BCUT2D eigenvalue weighted by Gasteiger charge is -2.41. The average Bonchev–Trinajstić information content (AvgIpc) is 3.50. The van der Waals surface area contributed by atoms with Gasteiger partial charge in [-0.15, -0.1) is 0 Å². The Morgan fingerprint density at radius 2 is 1.38 bits per heavy atom. The molecule has 1 aliphatic heterocycles. The highest BCUT2D eigenvalue weighted by molar-refractivity contribution is 5.89. The summed E-state index contributed by atoms with van der Waals surface area (Å²) in [4.78, 5) is 26.7. The molecule has 232 valence electrons. The molecule has 2 aromatic heterocycles. The van der Waals surface area contributed by atoms with Gasteiger partial charge in [0.15, 0.2) is 0 Å². The summed E-state index contributed by atoms with van der Waals surface area (Å²) in [5, 5.41) is 0.926. The van der Waals surface area contributed by atoms with E-state index in [1.807, 2.05) is 46.0 Å². The van der Waals surface area contributed by atoms with Crippen molar-refractivity contribution in [3.05, 3.63) is 126 Å². The first kappa shape index (κ1) is 30.3. The van der Waals surface area contributed by atoms with Crippen LogP contribution in [0.5, 0.6) is 0 Å². The topological polar surface area (TPSA) is 72.7 Å². The molecule has 1 amide bonds. The van der Waals surface area contributed by atoms with Crippen LogP contribution in [0, 0.1) is 0 Å². The molecule has 2 atom stereocenters. The number of likely N-dealkylation sites (N-methyl/N-ethyl adjacent to an activating group) is 1. The number of aromatic nitrogens is 3. The van der Waals surface area contributed by atoms with E-state index in [2.05, 4.69) is 94.5 Å². The van der Waals surface area contributed by atoms with Crippen LogP contribution in [0.2, 0.25) is 0 Å². The third kappa shape index (κ3) is 5.78. The van der Waals surface area contributed by atoms with E-state index >= 15 is 0 Å². The zero-order valence-electron chi connectivity index (χ0n) is 26.6. The number of nitrogens with zero attached hydrogens (tertiary/aromatic N) is 5. The molecular weight excluding hydrogens is 562 g/mol. The molecule has 3 heterocycles. The minimum Gasteiger partial charge on any atom is -0.444 e. The maximum Gasteiger partial charge on any atom is 0.410 e. The molecule has 0 radical (unpaired) electrons. The standard InChI is InChI=1S/C37H41N5O3/c1-36(2,3)45-35(43)41-24-30(23-31(25-41)44-5)40(4)33-32-21-22-42(34(32)39-26-38-33)37(27-15-9-6-10-16-27,28-17-11-7-12-18-28)29-19-13-8-14-20-29/h6-22,26,30-31H,23-25H2,1-5H3/t30-,31-/m1/s1. The van der Waals surface area contributed by atoms with Crippen molar-refractivity contribution in [3.63, 3.8) is 0 Å². The number of ether oxygens (including phenoxy) is 2. The molecule has 0 aliphatic carbocycles. The Kier molecular flexibility index (Phi) is 8.34. The van der Waals surface area contributed by atoms with E-state index in [0.717, 1.165) is 40.0 Å². The van der Waals surface area contributed by atoms with Gasteiger partial charge >= 0.3 is 6.09 Å². The summed E-state index contributed by atoms with van der Waals surface area (Å²) in [5.74, 6) is 0.799. The van der Waals surface area contributed by atoms with E-state index in [1.165, 1.54) is 0 Å². The third-order valence-electron chi connectivity index (χ3n) is 8.65. The summed E-state index contributed by atoms with van der Waals surface area (Å²) in [6.45, 7) is 6.64. The number of carbonyl (C=O) groups excluding carboxylic acids is 1. The van der Waals surface area contributed by atoms with Crippen molar-refractivity contribution < 1.29 is 14.3 Å². The van der Waals surface area contributed by atoms with E-state index in [-0.39, 0.29) is 18.2 Å². The predicted octanol–water partition coefficient (Wildman–Crippen LogP) is 6.73. The minimum absolute atomic E-state index is 0.0419. The molecule has 1 aliphatic rings. The minimum atomic E-state index is -0.699. The van der Waals surface area contributed by atoms with Gasteiger partial charge in [-0.1, -0.05) is 91.0 Å². The number of benzene rings is 3. The van der Waals surface area contributed by atoms with Crippen LogP contribution in [-0.2, 0) is 15.0 Å². The van der Waals surface area contributed by atoms with Crippen LogP contribution in [0.4, 0.5) is 10.6 Å². The number of methoxy groups -OCH3 is 1. The van der Waals surface area contributed by atoms with E-state index in [1.54, 1.807) is 18.3 Å². The summed E-state index contributed by atoms with van der Waals surface area (Å²) in [6.07, 6.45) is 4.05. The molecule has 8 nitrogen and oxygen atoms in total. The second kappa shape index (κ2) is 12.4. The van der Waals surface area contributed by atoms with Crippen LogP contribution < -0.4 is 4.90 Å². The lowest BCUT2D eigenvalue weighted by atomic mass is 9.76. The first-order valence-corrected chi connectivity index (χ1v) is 15.4. The van der Waals surface area contributed by atoms with Gasteiger partial charge in [-0.25, -0.2) is 14.8 Å². The second-order valence-corrected chi connectivity index (χ2v) is 12.7. The highest BCUT2D eigenvalue weighted by atomic mass is 16.6. The molecule has 8 heteroatoms. The Bertz CT molecular complexity index is 1640. The number of amides is 1. The van der Waals surface area contributed by atoms with Crippen molar-refractivity contribution in [1.29, 1.82) is 0 Å². The van der Waals surface area contributed by atoms with Crippen molar-refractivity contribution >= 4 is 22.9 Å². The Morgan fingerprint density at radius 3 is 1.89 bits per heavy atom. The summed E-state index contributed by atoms with van der Waals surface area (Å²) in [5.41, 5.74) is 2.90. The fourth-order valence-electron chi connectivity index (χ4n) is 6.57. The van der Waals surface area contributed by atoms with Crippen LogP contribution in [0.3, 0.4) is 0 Å². The van der Waals surface area contributed by atoms with Gasteiger partial charge in [0.2, 0.25) is 0 Å². The first-order chi connectivity index (χ1) is 21.7. The van der Waals surface area contributed by atoms with Gasteiger partial charge in [-0.2, -0.15) is 0 Å². The third-order valence-corrected chi connectivity index (χ3v) is 8.65. The number of rotatable bonds is 7. The van der Waals surface area contributed by atoms with Crippen molar-refractivity contribution in [3.8, 4) is 0 Å². The van der Waals surface area contributed by atoms with Gasteiger partial charge in [0.25, 0.3) is 0 Å². The van der Waals surface area contributed by atoms with Gasteiger partial charge in [0.1, 0.15) is 28.9 Å². The fraction of sp³-hybridized carbons (Fsp3) is 0.324. The Morgan fingerprint density at radius 1 is 0.822 bits per heavy atom. The molecule has 0 bridgehead atoms. The smallest absolute Gasteiger partial charge is 0.410 e. The molecule has 0 saturated carbocycles. The maximum absolute atomic E-state index is 13.1. The van der Waals surface area contributed by atoms with Crippen molar-refractivity contribution in [1.82, 2.24) is 19.4 Å². The van der Waals surface area contributed by atoms with Crippen LogP contribution in [0.1, 0.15) is 43.9 Å². The summed E-state index contributed by atoms with van der Waals surface area (Å²) in [7, 11) is 3.73. The molecule has 0 N–H and O–H groups in total. The molecule has 5 aromatic rings. The molecule has 0 spiro atoms. The van der Waals surface area contributed by atoms with E-state index in [9.17, 15) is 4.79 Å². The maximum atomic E-state index is 13.1. The molecule has 3 aromatic carbocycles. The van der Waals surface area contributed by atoms with Gasteiger partial charge in [-0.05, 0) is 49.9 Å². The van der Waals surface area contributed by atoms with Crippen LogP contribution in [0.15, 0.2) is 110 Å². The molecular formula is C37H41N5O3. The summed E-state index contributed by atoms with van der Waals surface area (Å²) in [6, 6.07) is 33.8.